The van der Waals surface area contributed by atoms with Crippen molar-refractivity contribution >= 4 is 5.97 Å². The summed E-state index contributed by atoms with van der Waals surface area (Å²) in [6.07, 6.45) is 2.39. The maximum absolute atomic E-state index is 10.9. The van der Waals surface area contributed by atoms with Crippen LogP contribution in [0.5, 0.6) is 0 Å². The Kier molecular flexibility index (Phi) is 4.33. The zero-order valence-electron chi connectivity index (χ0n) is 10.7. The third-order valence-corrected chi connectivity index (χ3v) is 3.07. The van der Waals surface area contributed by atoms with E-state index in [1.807, 2.05) is 0 Å². The normalized spacial score (nSPS) is 18.8. The Balaban J connectivity index is 2.74. The van der Waals surface area contributed by atoms with Crippen LogP contribution in [0, 0.1) is 5.92 Å². The number of ether oxygens (including phenoxy) is 1. The van der Waals surface area contributed by atoms with Crippen molar-refractivity contribution in [2.24, 2.45) is 5.92 Å². The molecule has 1 atom stereocenters. The monoisotopic (exact) mass is 229 g/mol. The Hall–Kier alpha value is -0.610. The lowest BCUT2D eigenvalue weighted by Crippen LogP contribution is -2.53. The summed E-state index contributed by atoms with van der Waals surface area (Å²) in [6.45, 7) is 6.88. The number of carboxylic acid groups (broad SMARTS) is 1. The van der Waals surface area contributed by atoms with E-state index in [0.29, 0.717) is 12.5 Å². The van der Waals surface area contributed by atoms with E-state index in [-0.39, 0.29) is 18.1 Å². The van der Waals surface area contributed by atoms with Gasteiger partial charge in [0.15, 0.2) is 0 Å². The molecule has 0 radical (unpaired) electrons. The van der Waals surface area contributed by atoms with Gasteiger partial charge in [-0.05, 0) is 39.5 Å². The lowest BCUT2D eigenvalue weighted by Gasteiger charge is -2.40. The minimum absolute atomic E-state index is 0.0913. The lowest BCUT2D eigenvalue weighted by atomic mass is 10.0. The molecule has 0 aromatic rings. The van der Waals surface area contributed by atoms with Crippen molar-refractivity contribution in [3.8, 4) is 0 Å². The number of aliphatic carboxylic acids is 1. The molecule has 94 valence electrons. The molecule has 4 heteroatoms. The summed E-state index contributed by atoms with van der Waals surface area (Å²) in [5.41, 5.74) is -0.135. The molecule has 0 aromatic heterocycles. The number of carboxylic acids is 1. The predicted octanol–water partition coefficient (Wildman–Crippen LogP) is 1.60. The molecule has 0 amide bonds. The first-order chi connectivity index (χ1) is 7.36. The maximum Gasteiger partial charge on any atom is 0.317 e. The van der Waals surface area contributed by atoms with Crippen molar-refractivity contribution in [2.45, 2.75) is 45.2 Å². The molecule has 0 spiro atoms. The SMILES string of the molecule is COCC(C1CC1)N(CC(=O)O)C(C)(C)C. The minimum Gasteiger partial charge on any atom is -0.480 e. The average molecular weight is 229 g/mol. The molecule has 0 aliphatic heterocycles. The zero-order valence-corrected chi connectivity index (χ0v) is 10.7. The van der Waals surface area contributed by atoms with Crippen LogP contribution >= 0.6 is 0 Å². The second-order valence-corrected chi connectivity index (χ2v) is 5.55. The van der Waals surface area contributed by atoms with Crippen LogP contribution in [0.4, 0.5) is 0 Å². The van der Waals surface area contributed by atoms with Crippen LogP contribution in [0.15, 0.2) is 0 Å². The van der Waals surface area contributed by atoms with Gasteiger partial charge in [0.25, 0.3) is 0 Å². The van der Waals surface area contributed by atoms with E-state index in [9.17, 15) is 4.79 Å². The number of hydrogen-bond donors (Lipinski definition) is 1. The molecule has 0 saturated heterocycles. The molecule has 1 fully saturated rings. The summed E-state index contributed by atoms with van der Waals surface area (Å²) >= 11 is 0. The summed E-state index contributed by atoms with van der Waals surface area (Å²) < 4.78 is 5.23. The predicted molar refractivity (Wildman–Crippen MR) is 62.5 cm³/mol. The van der Waals surface area contributed by atoms with Gasteiger partial charge in [-0.15, -0.1) is 0 Å². The molecule has 1 N–H and O–H groups in total. The van der Waals surface area contributed by atoms with Crippen LogP contribution in [-0.2, 0) is 9.53 Å². The first-order valence-electron chi connectivity index (χ1n) is 5.83. The first kappa shape index (κ1) is 13.5. The van der Waals surface area contributed by atoms with Gasteiger partial charge in [0.1, 0.15) is 0 Å². The van der Waals surface area contributed by atoms with Gasteiger partial charge in [0.05, 0.1) is 13.2 Å². The van der Waals surface area contributed by atoms with E-state index < -0.39 is 5.97 Å². The second kappa shape index (κ2) is 5.15. The van der Waals surface area contributed by atoms with Crippen molar-refractivity contribution in [3.05, 3.63) is 0 Å². The molecule has 0 heterocycles. The van der Waals surface area contributed by atoms with Gasteiger partial charge in [0, 0.05) is 18.7 Å². The van der Waals surface area contributed by atoms with Crippen molar-refractivity contribution < 1.29 is 14.6 Å². The molecule has 4 nitrogen and oxygen atoms in total. The van der Waals surface area contributed by atoms with Gasteiger partial charge in [-0.1, -0.05) is 0 Å². The van der Waals surface area contributed by atoms with E-state index in [0.717, 1.165) is 0 Å². The van der Waals surface area contributed by atoms with Gasteiger partial charge in [-0.2, -0.15) is 0 Å². The highest BCUT2D eigenvalue weighted by atomic mass is 16.5. The number of hydrogen-bond acceptors (Lipinski definition) is 3. The summed E-state index contributed by atoms with van der Waals surface area (Å²) in [5, 5.41) is 8.98. The van der Waals surface area contributed by atoms with Crippen LogP contribution in [-0.4, -0.2) is 47.8 Å². The summed E-state index contributed by atoms with van der Waals surface area (Å²) in [7, 11) is 1.68. The Morgan fingerprint density at radius 1 is 1.50 bits per heavy atom. The zero-order chi connectivity index (χ0) is 12.3. The minimum atomic E-state index is -0.767. The Morgan fingerprint density at radius 2 is 2.06 bits per heavy atom. The van der Waals surface area contributed by atoms with E-state index in [2.05, 4.69) is 25.7 Å². The standard InChI is InChI=1S/C12H23NO3/c1-12(2,3)13(7-11(14)15)10(8-16-4)9-5-6-9/h9-10H,5-8H2,1-4H3,(H,14,15). The van der Waals surface area contributed by atoms with E-state index in [1.54, 1.807) is 7.11 Å². The topological polar surface area (TPSA) is 49.8 Å². The molecule has 1 unspecified atom stereocenters. The number of rotatable bonds is 6. The third kappa shape index (κ3) is 3.76. The van der Waals surface area contributed by atoms with E-state index in [4.69, 9.17) is 9.84 Å². The van der Waals surface area contributed by atoms with Crippen LogP contribution in [0.2, 0.25) is 0 Å². The molecule has 16 heavy (non-hydrogen) atoms. The fourth-order valence-corrected chi connectivity index (χ4v) is 2.13. The smallest absolute Gasteiger partial charge is 0.317 e. The van der Waals surface area contributed by atoms with Crippen molar-refractivity contribution in [1.29, 1.82) is 0 Å². The fraction of sp³-hybridized carbons (Fsp3) is 0.917. The van der Waals surface area contributed by atoms with Crippen LogP contribution in [0.3, 0.4) is 0 Å². The molecular formula is C12H23NO3. The molecule has 1 aliphatic carbocycles. The van der Waals surface area contributed by atoms with E-state index >= 15 is 0 Å². The molecule has 1 rings (SSSR count). The third-order valence-electron chi connectivity index (χ3n) is 3.07. The number of carbonyl (C=O) groups is 1. The average Bonchev–Trinajstić information content (AvgIpc) is 2.92. The van der Waals surface area contributed by atoms with Crippen LogP contribution in [0.25, 0.3) is 0 Å². The van der Waals surface area contributed by atoms with Crippen molar-refractivity contribution in [1.82, 2.24) is 4.90 Å². The largest absolute Gasteiger partial charge is 0.480 e. The molecule has 1 saturated carbocycles. The number of nitrogens with zero attached hydrogens (tertiary/aromatic N) is 1. The van der Waals surface area contributed by atoms with Crippen LogP contribution < -0.4 is 0 Å². The lowest BCUT2D eigenvalue weighted by molar-refractivity contribution is -0.141. The molecule has 0 bridgehead atoms. The highest BCUT2D eigenvalue weighted by Crippen LogP contribution is 2.37. The Bertz CT molecular complexity index is 243. The molecule has 1 aliphatic rings. The fourth-order valence-electron chi connectivity index (χ4n) is 2.13. The highest BCUT2D eigenvalue weighted by Gasteiger charge is 2.40. The molecule has 0 aromatic carbocycles. The maximum atomic E-state index is 10.9. The van der Waals surface area contributed by atoms with Crippen molar-refractivity contribution in [3.63, 3.8) is 0 Å². The van der Waals surface area contributed by atoms with Gasteiger partial charge in [0.2, 0.25) is 0 Å². The van der Waals surface area contributed by atoms with E-state index in [1.165, 1.54) is 12.8 Å². The van der Waals surface area contributed by atoms with Gasteiger partial charge in [-0.25, -0.2) is 0 Å². The second-order valence-electron chi connectivity index (χ2n) is 5.55. The van der Waals surface area contributed by atoms with Gasteiger partial charge in [-0.3, -0.25) is 9.69 Å². The number of methoxy groups -OCH3 is 1. The van der Waals surface area contributed by atoms with Gasteiger partial charge >= 0.3 is 5.97 Å². The summed E-state index contributed by atoms with van der Waals surface area (Å²) in [5.74, 6) is -0.157. The Labute approximate surface area is 97.6 Å². The Morgan fingerprint density at radius 3 is 2.38 bits per heavy atom. The first-order valence-corrected chi connectivity index (χ1v) is 5.83. The van der Waals surface area contributed by atoms with Crippen LogP contribution in [0.1, 0.15) is 33.6 Å². The summed E-state index contributed by atoms with van der Waals surface area (Å²) in [6, 6.07) is 0.237. The quantitative estimate of drug-likeness (QED) is 0.751. The highest BCUT2D eigenvalue weighted by molar-refractivity contribution is 5.69. The summed E-state index contributed by atoms with van der Waals surface area (Å²) in [4.78, 5) is 13.0. The molecular weight excluding hydrogens is 206 g/mol. The van der Waals surface area contributed by atoms with Crippen molar-refractivity contribution in [2.75, 3.05) is 20.3 Å². The van der Waals surface area contributed by atoms with Gasteiger partial charge < -0.3 is 9.84 Å².